The molecule has 0 saturated carbocycles. The number of thioether (sulfide) groups is 1. The summed E-state index contributed by atoms with van der Waals surface area (Å²) >= 11 is 14.3. The number of anilines is 1. The van der Waals surface area contributed by atoms with Crippen LogP contribution in [0.4, 0.5) is 10.5 Å². The molecule has 0 bridgehead atoms. The molecule has 1 aromatic heterocycles. The molecule has 1 heterocycles. The van der Waals surface area contributed by atoms with Crippen LogP contribution in [0.2, 0.25) is 10.0 Å². The number of methoxy groups -OCH3 is 1. The topological polar surface area (TPSA) is 81.1 Å². The lowest BCUT2D eigenvalue weighted by atomic mass is 10.1. The number of aromatic nitrogens is 3. The van der Waals surface area contributed by atoms with E-state index in [1.165, 1.54) is 11.8 Å². The predicted octanol–water partition coefficient (Wildman–Crippen LogP) is 6.81. The number of benzene rings is 3. The van der Waals surface area contributed by atoms with Gasteiger partial charge in [0.15, 0.2) is 11.0 Å². The van der Waals surface area contributed by atoms with Gasteiger partial charge in [0.25, 0.3) is 0 Å². The number of halogens is 2. The van der Waals surface area contributed by atoms with Crippen molar-refractivity contribution < 1.29 is 9.53 Å². The second kappa shape index (κ2) is 11.7. The fourth-order valence-corrected chi connectivity index (χ4v) is 4.92. The molecule has 4 rings (SSSR count). The predicted molar refractivity (Wildman–Crippen MR) is 146 cm³/mol. The minimum absolute atomic E-state index is 0.131. The van der Waals surface area contributed by atoms with E-state index < -0.39 is 0 Å². The lowest BCUT2D eigenvalue weighted by Gasteiger charge is -2.14. The van der Waals surface area contributed by atoms with Gasteiger partial charge in [-0.1, -0.05) is 65.3 Å². The standard InChI is InChI=1S/C26H25Cl2N5O2S/c1-16-6-4-7-17(2)24(16)30-25(34)29-14-23-31-32-26(33(23)22-13-19(27)10-11-21(22)28)36-15-18-8-5-9-20(12-18)35-3/h4-13H,14-15H2,1-3H3,(H2,29,30,34). The summed E-state index contributed by atoms with van der Waals surface area (Å²) in [5.41, 5.74) is 4.45. The molecule has 0 saturated heterocycles. The molecule has 10 heteroatoms. The zero-order chi connectivity index (χ0) is 25.7. The van der Waals surface area contributed by atoms with Crippen molar-refractivity contribution in [2.75, 3.05) is 12.4 Å². The molecule has 0 spiro atoms. The van der Waals surface area contributed by atoms with Gasteiger partial charge in [0.1, 0.15) is 5.75 Å². The Bertz CT molecular complexity index is 1370. The largest absolute Gasteiger partial charge is 0.497 e. The lowest BCUT2D eigenvalue weighted by Crippen LogP contribution is -2.30. The van der Waals surface area contributed by atoms with E-state index >= 15 is 0 Å². The molecule has 0 aliphatic carbocycles. The number of carbonyl (C=O) groups excluding carboxylic acids is 1. The molecule has 0 unspecified atom stereocenters. The summed E-state index contributed by atoms with van der Waals surface area (Å²) in [4.78, 5) is 12.7. The zero-order valence-electron chi connectivity index (χ0n) is 20.0. The summed E-state index contributed by atoms with van der Waals surface area (Å²) in [7, 11) is 1.64. The number of hydrogen-bond donors (Lipinski definition) is 2. The van der Waals surface area contributed by atoms with Crippen molar-refractivity contribution in [2.24, 2.45) is 0 Å². The molecule has 4 aromatic rings. The first-order chi connectivity index (χ1) is 17.4. The van der Waals surface area contributed by atoms with Crippen LogP contribution in [0.3, 0.4) is 0 Å². The van der Waals surface area contributed by atoms with Crippen molar-refractivity contribution in [1.82, 2.24) is 20.1 Å². The Morgan fingerprint density at radius 1 is 1.03 bits per heavy atom. The van der Waals surface area contributed by atoms with E-state index in [-0.39, 0.29) is 12.6 Å². The average molecular weight is 542 g/mol. The molecule has 186 valence electrons. The fourth-order valence-electron chi connectivity index (χ4n) is 3.65. The van der Waals surface area contributed by atoms with Gasteiger partial charge in [0.2, 0.25) is 0 Å². The smallest absolute Gasteiger partial charge is 0.319 e. The Balaban J connectivity index is 1.57. The summed E-state index contributed by atoms with van der Waals surface area (Å²) in [5, 5.41) is 16.2. The van der Waals surface area contributed by atoms with Crippen LogP contribution < -0.4 is 15.4 Å². The maximum Gasteiger partial charge on any atom is 0.319 e. The normalized spacial score (nSPS) is 10.8. The molecule has 7 nitrogen and oxygen atoms in total. The molecule has 0 fully saturated rings. The molecule has 3 aromatic carbocycles. The number of ether oxygens (including phenoxy) is 1. The molecule has 2 amide bonds. The number of carbonyl (C=O) groups is 1. The van der Waals surface area contributed by atoms with E-state index in [1.807, 2.05) is 60.9 Å². The second-order valence-electron chi connectivity index (χ2n) is 8.04. The van der Waals surface area contributed by atoms with Crippen LogP contribution in [0.1, 0.15) is 22.5 Å². The van der Waals surface area contributed by atoms with E-state index in [0.29, 0.717) is 32.5 Å². The van der Waals surface area contributed by atoms with Crippen molar-refractivity contribution in [3.63, 3.8) is 0 Å². The maximum absolute atomic E-state index is 12.7. The summed E-state index contributed by atoms with van der Waals surface area (Å²) in [6.45, 7) is 4.03. The third-order valence-electron chi connectivity index (χ3n) is 5.48. The van der Waals surface area contributed by atoms with Crippen LogP contribution in [0.15, 0.2) is 65.8 Å². The van der Waals surface area contributed by atoms with Gasteiger partial charge >= 0.3 is 6.03 Å². The Morgan fingerprint density at radius 3 is 2.53 bits per heavy atom. The molecule has 2 N–H and O–H groups in total. The van der Waals surface area contributed by atoms with Crippen molar-refractivity contribution in [3.8, 4) is 11.4 Å². The van der Waals surface area contributed by atoms with Gasteiger partial charge in [-0.2, -0.15) is 0 Å². The van der Waals surface area contributed by atoms with Gasteiger partial charge in [0, 0.05) is 16.5 Å². The zero-order valence-corrected chi connectivity index (χ0v) is 22.3. The molecule has 36 heavy (non-hydrogen) atoms. The van der Waals surface area contributed by atoms with E-state index in [9.17, 15) is 4.79 Å². The van der Waals surface area contributed by atoms with E-state index in [2.05, 4.69) is 20.8 Å². The molecular weight excluding hydrogens is 517 g/mol. The summed E-state index contributed by atoms with van der Waals surface area (Å²) in [6.07, 6.45) is 0. The fraction of sp³-hybridized carbons (Fsp3) is 0.192. The van der Waals surface area contributed by atoms with Gasteiger partial charge in [-0.05, 0) is 60.9 Å². The highest BCUT2D eigenvalue weighted by atomic mass is 35.5. The van der Waals surface area contributed by atoms with Crippen LogP contribution >= 0.6 is 35.0 Å². The van der Waals surface area contributed by atoms with Gasteiger partial charge < -0.3 is 15.4 Å². The number of urea groups is 1. The first kappa shape index (κ1) is 25.9. The monoisotopic (exact) mass is 541 g/mol. The minimum atomic E-state index is -0.343. The highest BCUT2D eigenvalue weighted by Crippen LogP contribution is 2.31. The maximum atomic E-state index is 12.7. The quantitative estimate of drug-likeness (QED) is 0.239. The molecule has 0 atom stereocenters. The number of aryl methyl sites for hydroxylation is 2. The number of nitrogens with zero attached hydrogens (tertiary/aromatic N) is 3. The Hall–Kier alpha value is -3.20. The summed E-state index contributed by atoms with van der Waals surface area (Å²) < 4.78 is 7.14. The number of rotatable bonds is 8. The molecule has 0 aliphatic rings. The van der Waals surface area contributed by atoms with Crippen LogP contribution in [0.25, 0.3) is 5.69 Å². The summed E-state index contributed by atoms with van der Waals surface area (Å²) in [5.74, 6) is 1.93. The highest BCUT2D eigenvalue weighted by molar-refractivity contribution is 7.98. The van der Waals surface area contributed by atoms with E-state index in [0.717, 1.165) is 28.1 Å². The van der Waals surface area contributed by atoms with Crippen molar-refractivity contribution in [1.29, 1.82) is 0 Å². The number of nitrogens with one attached hydrogen (secondary N) is 2. The number of amides is 2. The number of hydrogen-bond acceptors (Lipinski definition) is 5. The van der Waals surface area contributed by atoms with Crippen molar-refractivity contribution in [2.45, 2.75) is 31.3 Å². The van der Waals surface area contributed by atoms with Crippen LogP contribution in [-0.2, 0) is 12.3 Å². The van der Waals surface area contributed by atoms with E-state index in [4.69, 9.17) is 27.9 Å². The van der Waals surface area contributed by atoms with Crippen molar-refractivity contribution >= 4 is 46.7 Å². The first-order valence-electron chi connectivity index (χ1n) is 11.1. The Labute approximate surface area is 224 Å². The Morgan fingerprint density at radius 2 is 1.78 bits per heavy atom. The van der Waals surface area contributed by atoms with Gasteiger partial charge in [-0.3, -0.25) is 4.57 Å². The summed E-state index contributed by atoms with van der Waals surface area (Å²) in [6, 6.07) is 18.5. The second-order valence-corrected chi connectivity index (χ2v) is 9.83. The van der Waals surface area contributed by atoms with Crippen LogP contribution in [0.5, 0.6) is 5.75 Å². The molecule has 0 radical (unpaired) electrons. The molecule has 0 aliphatic heterocycles. The molecular formula is C26H25Cl2N5O2S. The van der Waals surface area contributed by atoms with Gasteiger partial charge in [-0.15, -0.1) is 10.2 Å². The third kappa shape index (κ3) is 6.13. The number of para-hydroxylation sites is 1. The first-order valence-corrected chi connectivity index (χ1v) is 12.9. The minimum Gasteiger partial charge on any atom is -0.497 e. The SMILES string of the molecule is COc1cccc(CSc2nnc(CNC(=O)Nc3c(C)cccc3C)n2-c2cc(Cl)ccc2Cl)c1. The van der Waals surface area contributed by atoms with Gasteiger partial charge in [-0.25, -0.2) is 4.79 Å². The van der Waals surface area contributed by atoms with E-state index in [1.54, 1.807) is 25.3 Å². The van der Waals surface area contributed by atoms with Gasteiger partial charge in [0.05, 0.1) is 24.4 Å². The van der Waals surface area contributed by atoms with Crippen LogP contribution in [-0.4, -0.2) is 27.9 Å². The lowest BCUT2D eigenvalue weighted by molar-refractivity contribution is 0.251. The highest BCUT2D eigenvalue weighted by Gasteiger charge is 2.18. The van der Waals surface area contributed by atoms with Crippen LogP contribution in [0, 0.1) is 13.8 Å². The van der Waals surface area contributed by atoms with Crippen molar-refractivity contribution in [3.05, 3.63) is 93.2 Å². The Kier molecular flexibility index (Phi) is 8.40. The third-order valence-corrected chi connectivity index (χ3v) is 7.03. The average Bonchev–Trinajstić information content (AvgIpc) is 3.28.